The number of rotatable bonds is 4. The zero-order valence-corrected chi connectivity index (χ0v) is 9.74. The van der Waals surface area contributed by atoms with Gasteiger partial charge < -0.3 is 26.3 Å². The number of amides is 3. The maximum Gasteiger partial charge on any atom is 0.316 e. The number of anilines is 1. The third kappa shape index (κ3) is 2.42. The number of hydrogen-bond acceptors (Lipinski definition) is 4. The third-order valence-electron chi connectivity index (χ3n) is 2.13. The molecule has 0 heterocycles. The smallest absolute Gasteiger partial charge is 0.316 e. The Balaban J connectivity index is 3.54. The minimum absolute atomic E-state index is 0.0289. The molecule has 0 aliphatic heterocycles. The Labute approximate surface area is 102 Å². The SMILES string of the molecule is COc1cc(C(N)=O)c(NC(N)=O)c(F)c1OC. The number of nitrogens with two attached hydrogens (primary N) is 2. The fraction of sp³-hybridized carbons (Fsp3) is 0.200. The van der Waals surface area contributed by atoms with Crippen molar-refractivity contribution in [1.82, 2.24) is 0 Å². The van der Waals surface area contributed by atoms with E-state index in [2.05, 4.69) is 0 Å². The van der Waals surface area contributed by atoms with Crippen LogP contribution in [0, 0.1) is 5.82 Å². The maximum atomic E-state index is 14.0. The molecule has 1 rings (SSSR count). The molecule has 7 nitrogen and oxygen atoms in total. The van der Waals surface area contributed by atoms with Crippen molar-refractivity contribution in [3.05, 3.63) is 17.4 Å². The van der Waals surface area contributed by atoms with Crippen molar-refractivity contribution in [2.75, 3.05) is 19.5 Å². The van der Waals surface area contributed by atoms with Gasteiger partial charge in [-0.3, -0.25) is 4.79 Å². The van der Waals surface area contributed by atoms with Gasteiger partial charge in [-0.15, -0.1) is 0 Å². The molecule has 0 aliphatic carbocycles. The second-order valence-electron chi connectivity index (χ2n) is 3.20. The number of halogens is 1. The molecule has 0 unspecified atom stereocenters. The lowest BCUT2D eigenvalue weighted by molar-refractivity contribution is 0.100. The van der Waals surface area contributed by atoms with Gasteiger partial charge in [0.1, 0.15) is 0 Å². The van der Waals surface area contributed by atoms with E-state index in [0.717, 1.165) is 6.07 Å². The lowest BCUT2D eigenvalue weighted by Crippen LogP contribution is -2.24. The van der Waals surface area contributed by atoms with Gasteiger partial charge in [0, 0.05) is 0 Å². The minimum atomic E-state index is -1.04. The molecule has 18 heavy (non-hydrogen) atoms. The highest BCUT2D eigenvalue weighted by atomic mass is 19.1. The molecule has 0 fully saturated rings. The Morgan fingerprint density at radius 3 is 2.28 bits per heavy atom. The predicted molar refractivity (Wildman–Crippen MR) is 61.2 cm³/mol. The average Bonchev–Trinajstić information content (AvgIpc) is 2.30. The molecule has 0 spiro atoms. The lowest BCUT2D eigenvalue weighted by Gasteiger charge is -2.14. The molecule has 0 atom stereocenters. The van der Waals surface area contributed by atoms with E-state index in [1.807, 2.05) is 5.32 Å². The van der Waals surface area contributed by atoms with Crippen LogP contribution < -0.4 is 26.3 Å². The predicted octanol–water partition coefficient (Wildman–Crippen LogP) is 0.432. The van der Waals surface area contributed by atoms with Crippen LogP contribution in [0.1, 0.15) is 10.4 Å². The summed E-state index contributed by atoms with van der Waals surface area (Å²) in [6, 6.07) is 0.110. The number of carbonyl (C=O) groups excluding carboxylic acids is 2. The van der Waals surface area contributed by atoms with Gasteiger partial charge in [-0.25, -0.2) is 9.18 Å². The van der Waals surface area contributed by atoms with Gasteiger partial charge in [0.25, 0.3) is 5.91 Å². The van der Waals surface area contributed by atoms with Crippen molar-refractivity contribution < 1.29 is 23.5 Å². The Hall–Kier alpha value is -2.51. The molecule has 3 amide bonds. The number of nitrogens with one attached hydrogen (secondary N) is 1. The van der Waals surface area contributed by atoms with Gasteiger partial charge >= 0.3 is 6.03 Å². The van der Waals surface area contributed by atoms with E-state index in [0.29, 0.717) is 0 Å². The molecule has 0 saturated carbocycles. The van der Waals surface area contributed by atoms with Crippen LogP contribution in [-0.4, -0.2) is 26.2 Å². The maximum absolute atomic E-state index is 14.0. The summed E-state index contributed by atoms with van der Waals surface area (Å²) < 4.78 is 23.6. The van der Waals surface area contributed by atoms with Crippen molar-refractivity contribution in [2.45, 2.75) is 0 Å². The summed E-state index contributed by atoms with van der Waals surface area (Å²) in [5.74, 6) is -2.24. The van der Waals surface area contributed by atoms with Gasteiger partial charge in [0.2, 0.25) is 0 Å². The van der Waals surface area contributed by atoms with Crippen LogP contribution in [0.25, 0.3) is 0 Å². The highest BCUT2D eigenvalue weighted by Crippen LogP contribution is 2.37. The number of carbonyl (C=O) groups is 2. The number of ether oxygens (including phenoxy) is 2. The van der Waals surface area contributed by atoms with Gasteiger partial charge in [-0.1, -0.05) is 0 Å². The molecule has 8 heteroatoms. The van der Waals surface area contributed by atoms with Crippen LogP contribution in [0.15, 0.2) is 6.07 Å². The average molecular weight is 257 g/mol. The van der Waals surface area contributed by atoms with Crippen LogP contribution in [-0.2, 0) is 0 Å². The Bertz CT molecular complexity index is 504. The van der Waals surface area contributed by atoms with E-state index in [1.165, 1.54) is 14.2 Å². The molecule has 98 valence electrons. The Kier molecular flexibility index (Phi) is 3.93. The molecule has 0 radical (unpaired) electrons. The normalized spacial score (nSPS) is 9.72. The summed E-state index contributed by atoms with van der Waals surface area (Å²) in [6.07, 6.45) is 0. The lowest BCUT2D eigenvalue weighted by atomic mass is 10.1. The van der Waals surface area contributed by atoms with Crippen LogP contribution in [0.2, 0.25) is 0 Å². The third-order valence-corrected chi connectivity index (χ3v) is 2.13. The molecule has 0 aromatic heterocycles. The van der Waals surface area contributed by atoms with E-state index in [4.69, 9.17) is 20.9 Å². The molecule has 1 aromatic rings. The molecular formula is C10H12FN3O4. The van der Waals surface area contributed by atoms with Crippen LogP contribution in [0.3, 0.4) is 0 Å². The molecule has 0 bridgehead atoms. The summed E-state index contributed by atoms with van der Waals surface area (Å²) in [5.41, 5.74) is 9.24. The second-order valence-corrected chi connectivity index (χ2v) is 3.20. The number of methoxy groups -OCH3 is 2. The largest absolute Gasteiger partial charge is 0.493 e. The summed E-state index contributed by atoms with van der Waals surface area (Å²) in [6.45, 7) is 0. The number of urea groups is 1. The van der Waals surface area contributed by atoms with Crippen molar-refractivity contribution >= 4 is 17.6 Å². The molecular weight excluding hydrogens is 245 g/mol. The van der Waals surface area contributed by atoms with Gasteiger partial charge in [0.05, 0.1) is 25.5 Å². The Morgan fingerprint density at radius 2 is 1.89 bits per heavy atom. The van der Waals surface area contributed by atoms with Gasteiger partial charge in [-0.2, -0.15) is 0 Å². The first-order chi connectivity index (χ1) is 8.42. The summed E-state index contributed by atoms with van der Waals surface area (Å²) >= 11 is 0. The highest BCUT2D eigenvalue weighted by molar-refractivity contribution is 6.03. The van der Waals surface area contributed by atoms with Crippen molar-refractivity contribution in [3.63, 3.8) is 0 Å². The molecule has 0 aliphatic rings. The van der Waals surface area contributed by atoms with Crippen molar-refractivity contribution in [2.24, 2.45) is 11.5 Å². The highest BCUT2D eigenvalue weighted by Gasteiger charge is 2.23. The molecule has 0 saturated heterocycles. The number of primary amides is 2. The fourth-order valence-corrected chi connectivity index (χ4v) is 1.39. The summed E-state index contributed by atoms with van der Waals surface area (Å²) in [5, 5.41) is 1.98. The van der Waals surface area contributed by atoms with Crippen LogP contribution >= 0.6 is 0 Å². The molecule has 1 aromatic carbocycles. The summed E-state index contributed by atoms with van der Waals surface area (Å²) in [7, 11) is 2.47. The van der Waals surface area contributed by atoms with E-state index >= 15 is 0 Å². The molecule has 5 N–H and O–H groups in total. The fourth-order valence-electron chi connectivity index (χ4n) is 1.39. The van der Waals surface area contributed by atoms with E-state index in [-0.39, 0.29) is 17.1 Å². The Morgan fingerprint density at radius 1 is 1.28 bits per heavy atom. The first kappa shape index (κ1) is 13.6. The topological polar surface area (TPSA) is 117 Å². The van der Waals surface area contributed by atoms with Crippen LogP contribution in [0.5, 0.6) is 11.5 Å². The quantitative estimate of drug-likeness (QED) is 0.725. The van der Waals surface area contributed by atoms with Crippen molar-refractivity contribution in [3.8, 4) is 11.5 Å². The van der Waals surface area contributed by atoms with E-state index < -0.39 is 23.4 Å². The van der Waals surface area contributed by atoms with E-state index in [1.54, 1.807) is 0 Å². The standard InChI is InChI=1S/C10H12FN3O4/c1-17-5-3-4(9(12)15)7(14-10(13)16)6(11)8(5)18-2/h3H,1-2H3,(H2,12,15)(H3,13,14,16). The van der Waals surface area contributed by atoms with Crippen molar-refractivity contribution in [1.29, 1.82) is 0 Å². The number of benzene rings is 1. The monoisotopic (exact) mass is 257 g/mol. The van der Waals surface area contributed by atoms with Crippen LogP contribution in [0.4, 0.5) is 14.9 Å². The summed E-state index contributed by atoms with van der Waals surface area (Å²) in [4.78, 5) is 22.0. The van der Waals surface area contributed by atoms with Gasteiger partial charge in [0.15, 0.2) is 17.3 Å². The first-order valence-corrected chi connectivity index (χ1v) is 4.73. The van der Waals surface area contributed by atoms with Gasteiger partial charge in [-0.05, 0) is 6.07 Å². The van der Waals surface area contributed by atoms with E-state index in [9.17, 15) is 14.0 Å². The zero-order chi connectivity index (χ0) is 13.9. The second kappa shape index (κ2) is 5.21. The number of hydrogen-bond donors (Lipinski definition) is 3. The zero-order valence-electron chi connectivity index (χ0n) is 9.74. The first-order valence-electron chi connectivity index (χ1n) is 4.73. The minimum Gasteiger partial charge on any atom is -0.493 e.